The molecule has 5 heteroatoms. The number of halogens is 2. The number of carboxylic acid groups (broad SMARTS) is 1. The van der Waals surface area contributed by atoms with E-state index < -0.39 is 5.97 Å². The van der Waals surface area contributed by atoms with Crippen LogP contribution in [0.15, 0.2) is 18.2 Å². The number of aliphatic carboxylic acids is 1. The van der Waals surface area contributed by atoms with Crippen molar-refractivity contribution in [1.29, 1.82) is 0 Å². The molecule has 1 N–H and O–H groups in total. The minimum absolute atomic E-state index is 0.0191. The fourth-order valence-corrected chi connectivity index (χ4v) is 2.48. The van der Waals surface area contributed by atoms with Crippen LogP contribution in [0.1, 0.15) is 31.2 Å². The van der Waals surface area contributed by atoms with Crippen molar-refractivity contribution in [1.82, 2.24) is 0 Å². The topological polar surface area (TPSA) is 46.5 Å². The first-order chi connectivity index (χ1) is 9.06. The normalized spacial score (nSPS) is 23.3. The second-order valence-corrected chi connectivity index (χ2v) is 5.30. The summed E-state index contributed by atoms with van der Waals surface area (Å²) in [4.78, 5) is 10.8. The lowest BCUT2D eigenvalue weighted by atomic mass is 9.87. The van der Waals surface area contributed by atoms with E-state index in [2.05, 4.69) is 0 Å². The van der Waals surface area contributed by atoms with Gasteiger partial charge in [-0.25, -0.2) is 4.39 Å². The lowest BCUT2D eigenvalue weighted by Crippen LogP contribution is -2.26. The number of rotatable bonds is 4. The molecule has 1 aliphatic rings. The zero-order valence-electron chi connectivity index (χ0n) is 10.4. The molecule has 1 saturated carbocycles. The first-order valence-corrected chi connectivity index (χ1v) is 6.72. The van der Waals surface area contributed by atoms with E-state index in [1.54, 1.807) is 12.1 Å². The molecule has 3 nitrogen and oxygen atoms in total. The van der Waals surface area contributed by atoms with Gasteiger partial charge >= 0.3 is 5.97 Å². The van der Waals surface area contributed by atoms with Gasteiger partial charge in [0.1, 0.15) is 5.82 Å². The van der Waals surface area contributed by atoms with Crippen LogP contribution in [0.5, 0.6) is 0 Å². The van der Waals surface area contributed by atoms with Gasteiger partial charge in [0.25, 0.3) is 0 Å². The number of carbonyl (C=O) groups is 1. The van der Waals surface area contributed by atoms with Crippen molar-refractivity contribution in [2.45, 2.75) is 38.4 Å². The Morgan fingerprint density at radius 3 is 2.63 bits per heavy atom. The molecule has 0 heterocycles. The van der Waals surface area contributed by atoms with Crippen LogP contribution in [0, 0.1) is 11.7 Å². The molecule has 1 aromatic carbocycles. The highest BCUT2D eigenvalue weighted by atomic mass is 35.5. The van der Waals surface area contributed by atoms with Gasteiger partial charge in [-0.05, 0) is 37.8 Å². The highest BCUT2D eigenvalue weighted by Gasteiger charge is 2.26. The zero-order valence-corrected chi connectivity index (χ0v) is 11.2. The molecule has 0 aliphatic heterocycles. The molecule has 0 aromatic heterocycles. The molecule has 104 valence electrons. The number of carboxylic acids is 1. The average Bonchev–Trinajstić information content (AvgIpc) is 2.38. The maximum atomic E-state index is 13.5. The first kappa shape index (κ1) is 14.3. The molecule has 0 spiro atoms. The summed E-state index contributed by atoms with van der Waals surface area (Å²) in [5.74, 6) is -1.36. The van der Waals surface area contributed by atoms with Gasteiger partial charge in [0.2, 0.25) is 0 Å². The van der Waals surface area contributed by atoms with E-state index >= 15 is 0 Å². The van der Waals surface area contributed by atoms with E-state index in [0.29, 0.717) is 36.3 Å². The first-order valence-electron chi connectivity index (χ1n) is 6.34. The van der Waals surface area contributed by atoms with Crippen LogP contribution in [-0.4, -0.2) is 17.2 Å². The van der Waals surface area contributed by atoms with Gasteiger partial charge in [-0.15, -0.1) is 0 Å². The van der Waals surface area contributed by atoms with Gasteiger partial charge in [0.15, 0.2) is 0 Å². The summed E-state index contributed by atoms with van der Waals surface area (Å²) in [7, 11) is 0. The van der Waals surface area contributed by atoms with Crippen molar-refractivity contribution < 1.29 is 19.0 Å². The smallest absolute Gasteiger partial charge is 0.306 e. The number of benzene rings is 1. The quantitative estimate of drug-likeness (QED) is 0.919. The second kappa shape index (κ2) is 6.35. The largest absolute Gasteiger partial charge is 0.481 e. The van der Waals surface area contributed by atoms with Crippen LogP contribution in [0.2, 0.25) is 5.02 Å². The van der Waals surface area contributed by atoms with Gasteiger partial charge in [-0.1, -0.05) is 17.7 Å². The molecule has 0 saturated heterocycles. The van der Waals surface area contributed by atoms with E-state index in [9.17, 15) is 9.18 Å². The van der Waals surface area contributed by atoms with Crippen molar-refractivity contribution >= 4 is 17.6 Å². The highest BCUT2D eigenvalue weighted by Crippen LogP contribution is 2.27. The van der Waals surface area contributed by atoms with E-state index in [1.807, 2.05) is 0 Å². The van der Waals surface area contributed by atoms with E-state index in [1.165, 1.54) is 6.07 Å². The van der Waals surface area contributed by atoms with Gasteiger partial charge in [0.05, 0.1) is 18.6 Å². The van der Waals surface area contributed by atoms with Gasteiger partial charge in [-0.3, -0.25) is 4.79 Å². The Labute approximate surface area is 116 Å². The van der Waals surface area contributed by atoms with Crippen LogP contribution < -0.4 is 0 Å². The lowest BCUT2D eigenvalue weighted by molar-refractivity contribution is -0.143. The predicted octanol–water partition coefficient (Wildman–Crippen LogP) is 3.64. The molecular formula is C14H16ClFO3. The Balaban J connectivity index is 1.82. The summed E-state index contributed by atoms with van der Waals surface area (Å²) in [5.41, 5.74) is 0.477. The summed E-state index contributed by atoms with van der Waals surface area (Å²) in [6.45, 7) is 0.200. The van der Waals surface area contributed by atoms with E-state index in [-0.39, 0.29) is 24.4 Å². The fraction of sp³-hybridized carbons (Fsp3) is 0.500. The Bertz CT molecular complexity index is 456. The second-order valence-electron chi connectivity index (χ2n) is 4.86. The lowest BCUT2D eigenvalue weighted by Gasteiger charge is -2.26. The molecule has 1 aliphatic carbocycles. The molecule has 0 amide bonds. The maximum absolute atomic E-state index is 13.5. The third kappa shape index (κ3) is 3.91. The molecule has 1 fully saturated rings. The van der Waals surface area contributed by atoms with Crippen molar-refractivity contribution in [3.05, 3.63) is 34.6 Å². The Hall–Kier alpha value is -1.13. The molecule has 0 atom stereocenters. The van der Waals surface area contributed by atoms with Crippen LogP contribution in [-0.2, 0) is 16.1 Å². The van der Waals surface area contributed by atoms with Crippen molar-refractivity contribution in [3.63, 3.8) is 0 Å². The van der Waals surface area contributed by atoms with Gasteiger partial charge in [-0.2, -0.15) is 0 Å². The van der Waals surface area contributed by atoms with Gasteiger partial charge < -0.3 is 9.84 Å². The van der Waals surface area contributed by atoms with E-state index in [4.69, 9.17) is 21.4 Å². The molecule has 1 aromatic rings. The van der Waals surface area contributed by atoms with Gasteiger partial charge in [0, 0.05) is 10.6 Å². The van der Waals surface area contributed by atoms with E-state index in [0.717, 1.165) is 0 Å². The monoisotopic (exact) mass is 286 g/mol. The predicted molar refractivity (Wildman–Crippen MR) is 69.6 cm³/mol. The van der Waals surface area contributed by atoms with Crippen LogP contribution in [0.3, 0.4) is 0 Å². The van der Waals surface area contributed by atoms with Crippen molar-refractivity contribution in [3.8, 4) is 0 Å². The minimum atomic E-state index is -0.734. The van der Waals surface area contributed by atoms with Crippen molar-refractivity contribution in [2.75, 3.05) is 0 Å². The van der Waals surface area contributed by atoms with Crippen LogP contribution in [0.25, 0.3) is 0 Å². The number of hydrogen-bond acceptors (Lipinski definition) is 2. The Morgan fingerprint density at radius 1 is 1.37 bits per heavy atom. The third-order valence-electron chi connectivity index (χ3n) is 3.51. The van der Waals surface area contributed by atoms with Crippen LogP contribution >= 0.6 is 11.6 Å². The Morgan fingerprint density at radius 2 is 2.05 bits per heavy atom. The fourth-order valence-electron chi connectivity index (χ4n) is 2.32. The average molecular weight is 287 g/mol. The number of hydrogen-bond donors (Lipinski definition) is 1. The summed E-state index contributed by atoms with van der Waals surface area (Å²) < 4.78 is 19.2. The SMILES string of the molecule is O=C(O)[C@H]1CC[C@H](OCc2ccc(Cl)cc2F)CC1. The summed E-state index contributed by atoms with van der Waals surface area (Å²) in [5, 5.41) is 9.26. The summed E-state index contributed by atoms with van der Waals surface area (Å²) in [6.07, 6.45) is 2.70. The summed E-state index contributed by atoms with van der Waals surface area (Å²) >= 11 is 5.68. The highest BCUT2D eigenvalue weighted by molar-refractivity contribution is 6.30. The maximum Gasteiger partial charge on any atom is 0.306 e. The summed E-state index contributed by atoms with van der Waals surface area (Å²) in [6, 6.07) is 4.51. The molecule has 0 radical (unpaired) electrons. The number of ether oxygens (including phenoxy) is 1. The molecule has 0 bridgehead atoms. The third-order valence-corrected chi connectivity index (χ3v) is 3.75. The zero-order chi connectivity index (χ0) is 13.8. The van der Waals surface area contributed by atoms with Crippen molar-refractivity contribution in [2.24, 2.45) is 5.92 Å². The standard InChI is InChI=1S/C14H16ClFO3/c15-11-4-1-10(13(16)7-11)8-19-12-5-2-9(3-6-12)14(17)18/h1,4,7,9,12H,2-3,5-6,8H2,(H,17,18)/t9-,12-. The molecular weight excluding hydrogens is 271 g/mol. The molecule has 2 rings (SSSR count). The molecule has 19 heavy (non-hydrogen) atoms. The minimum Gasteiger partial charge on any atom is -0.481 e. The Kier molecular flexibility index (Phi) is 4.77. The molecule has 0 unspecified atom stereocenters. The van der Waals surface area contributed by atoms with Crippen LogP contribution in [0.4, 0.5) is 4.39 Å².